The van der Waals surface area contributed by atoms with E-state index >= 15 is 0 Å². The first-order valence-electron chi connectivity index (χ1n) is 6.37. The number of rotatable bonds is 7. The Morgan fingerprint density at radius 3 is 2.55 bits per heavy atom. The Bertz CT molecular complexity index is 531. The fraction of sp³-hybridized carbons (Fsp3) is 0.538. The first-order valence-corrected chi connectivity index (χ1v) is 8.43. The minimum absolute atomic E-state index is 0.0713. The second-order valence-corrected chi connectivity index (χ2v) is 7.15. The van der Waals surface area contributed by atoms with Gasteiger partial charge in [0, 0.05) is 32.2 Å². The van der Waals surface area contributed by atoms with Gasteiger partial charge in [0.1, 0.15) is 9.84 Å². The topological polar surface area (TPSA) is 93.4 Å². The number of sulfone groups is 1. The molecule has 0 radical (unpaired) electrons. The van der Waals surface area contributed by atoms with E-state index in [1.165, 1.54) is 4.90 Å². The van der Waals surface area contributed by atoms with Crippen molar-refractivity contribution in [1.29, 1.82) is 0 Å². The molecule has 0 aromatic carbocycles. The second-order valence-electron chi connectivity index (χ2n) is 4.89. The molecule has 1 heterocycles. The molecule has 0 fully saturated rings. The number of aromatic nitrogens is 1. The van der Waals surface area contributed by atoms with Gasteiger partial charge in [-0.1, -0.05) is 0 Å². The van der Waals surface area contributed by atoms with Gasteiger partial charge in [0.15, 0.2) is 0 Å². The zero-order valence-corrected chi connectivity index (χ0v) is 12.6. The van der Waals surface area contributed by atoms with Crippen LogP contribution in [0.25, 0.3) is 0 Å². The maximum atomic E-state index is 12.0. The van der Waals surface area contributed by atoms with Gasteiger partial charge in [0.25, 0.3) is 0 Å². The van der Waals surface area contributed by atoms with E-state index < -0.39 is 15.9 Å². The first kappa shape index (κ1) is 16.6. The Labute approximate surface area is 119 Å². The second kappa shape index (κ2) is 7.35. The highest BCUT2D eigenvalue weighted by Gasteiger charge is 2.19. The van der Waals surface area contributed by atoms with Crippen LogP contribution in [0.2, 0.25) is 0 Å². The molecule has 0 saturated heterocycles. The predicted octanol–water partition coefficient (Wildman–Crippen LogP) is -0.155. The average molecular weight is 299 g/mol. The fourth-order valence-electron chi connectivity index (χ4n) is 1.70. The maximum Gasteiger partial charge on any atom is 0.239 e. The van der Waals surface area contributed by atoms with Crippen LogP contribution in [0.15, 0.2) is 24.5 Å². The summed E-state index contributed by atoms with van der Waals surface area (Å²) in [6, 6.07) is 3.01. The van der Waals surface area contributed by atoms with Crippen LogP contribution in [0.4, 0.5) is 0 Å². The van der Waals surface area contributed by atoms with Crippen molar-refractivity contribution >= 4 is 15.7 Å². The zero-order chi connectivity index (χ0) is 15.2. The smallest absolute Gasteiger partial charge is 0.239 e. The van der Waals surface area contributed by atoms with Crippen molar-refractivity contribution in [3.63, 3.8) is 0 Å². The average Bonchev–Trinajstić information content (AvgIpc) is 2.41. The number of pyridine rings is 1. The number of likely N-dealkylation sites (N-methyl/N-ethyl adjacent to an activating group) is 1. The third kappa shape index (κ3) is 6.12. The number of hydrogen-bond donors (Lipinski definition) is 1. The van der Waals surface area contributed by atoms with Crippen LogP contribution in [0.3, 0.4) is 0 Å². The van der Waals surface area contributed by atoms with Crippen LogP contribution < -0.4 is 5.73 Å². The van der Waals surface area contributed by atoms with Crippen molar-refractivity contribution in [2.24, 2.45) is 5.73 Å². The molecule has 1 unspecified atom stereocenters. The molecule has 1 aromatic heterocycles. The van der Waals surface area contributed by atoms with Gasteiger partial charge in [-0.2, -0.15) is 0 Å². The quantitative estimate of drug-likeness (QED) is 0.755. The lowest BCUT2D eigenvalue weighted by atomic mass is 10.1. The number of hydrogen-bond acceptors (Lipinski definition) is 5. The monoisotopic (exact) mass is 299 g/mol. The summed E-state index contributed by atoms with van der Waals surface area (Å²) in [6.07, 6.45) is 5.40. The van der Waals surface area contributed by atoms with Gasteiger partial charge in [-0.15, -0.1) is 0 Å². The molecule has 2 N–H and O–H groups in total. The van der Waals surface area contributed by atoms with E-state index in [1.807, 2.05) is 12.1 Å². The molecule has 1 atom stereocenters. The SMILES string of the molecule is CN(CCc1ccncc1)C(=O)C(N)CCS(C)(=O)=O. The Hall–Kier alpha value is -1.47. The number of nitrogens with two attached hydrogens (primary N) is 1. The number of nitrogens with zero attached hydrogens (tertiary/aromatic N) is 2. The summed E-state index contributed by atoms with van der Waals surface area (Å²) in [6.45, 7) is 0.537. The summed E-state index contributed by atoms with van der Waals surface area (Å²) < 4.78 is 22.1. The molecule has 0 aliphatic heterocycles. The van der Waals surface area contributed by atoms with E-state index in [0.29, 0.717) is 13.0 Å². The normalized spacial score (nSPS) is 12.9. The summed E-state index contributed by atoms with van der Waals surface area (Å²) in [5.74, 6) is -0.305. The van der Waals surface area contributed by atoms with Gasteiger partial charge in [0.2, 0.25) is 5.91 Å². The van der Waals surface area contributed by atoms with Crippen molar-refractivity contribution in [3.8, 4) is 0 Å². The van der Waals surface area contributed by atoms with Gasteiger partial charge < -0.3 is 10.6 Å². The van der Waals surface area contributed by atoms with E-state index in [4.69, 9.17) is 5.73 Å². The van der Waals surface area contributed by atoms with Crippen LogP contribution in [-0.4, -0.2) is 55.9 Å². The largest absolute Gasteiger partial charge is 0.344 e. The lowest BCUT2D eigenvalue weighted by molar-refractivity contribution is -0.131. The highest BCUT2D eigenvalue weighted by Crippen LogP contribution is 2.02. The summed E-state index contributed by atoms with van der Waals surface area (Å²) in [5.41, 5.74) is 6.82. The molecular weight excluding hydrogens is 278 g/mol. The van der Waals surface area contributed by atoms with E-state index in [2.05, 4.69) is 4.98 Å². The molecule has 20 heavy (non-hydrogen) atoms. The van der Waals surface area contributed by atoms with Gasteiger partial charge >= 0.3 is 0 Å². The minimum atomic E-state index is -3.09. The van der Waals surface area contributed by atoms with Crippen LogP contribution in [0, 0.1) is 0 Å². The molecular formula is C13H21N3O3S. The Kier molecular flexibility index (Phi) is 6.09. The zero-order valence-electron chi connectivity index (χ0n) is 11.8. The van der Waals surface area contributed by atoms with E-state index in [-0.39, 0.29) is 18.1 Å². The van der Waals surface area contributed by atoms with E-state index in [1.54, 1.807) is 19.4 Å². The number of carbonyl (C=O) groups is 1. The van der Waals surface area contributed by atoms with Gasteiger partial charge in [-0.25, -0.2) is 8.42 Å². The van der Waals surface area contributed by atoms with Crippen LogP contribution in [0.1, 0.15) is 12.0 Å². The third-order valence-electron chi connectivity index (χ3n) is 2.98. The summed E-state index contributed by atoms with van der Waals surface area (Å²) in [4.78, 5) is 17.4. The Morgan fingerprint density at radius 1 is 1.40 bits per heavy atom. The Balaban J connectivity index is 2.42. The van der Waals surface area contributed by atoms with Crippen LogP contribution >= 0.6 is 0 Å². The van der Waals surface area contributed by atoms with Crippen molar-refractivity contribution in [2.75, 3.05) is 25.6 Å². The molecule has 1 rings (SSSR count). The van der Waals surface area contributed by atoms with Crippen molar-refractivity contribution in [2.45, 2.75) is 18.9 Å². The Morgan fingerprint density at radius 2 is 2.00 bits per heavy atom. The highest BCUT2D eigenvalue weighted by atomic mass is 32.2. The standard InChI is InChI=1S/C13H21N3O3S/c1-16(9-5-11-3-7-15-8-4-11)13(17)12(14)6-10-20(2,18)19/h3-4,7-8,12H,5-6,9-10,14H2,1-2H3. The first-order chi connectivity index (χ1) is 9.29. The molecule has 6 nitrogen and oxygen atoms in total. The maximum absolute atomic E-state index is 12.0. The fourth-order valence-corrected chi connectivity index (χ4v) is 2.39. The van der Waals surface area contributed by atoms with Gasteiger partial charge in [0.05, 0.1) is 11.8 Å². The molecule has 0 aliphatic carbocycles. The molecule has 1 amide bonds. The van der Waals surface area contributed by atoms with Gasteiger partial charge in [-0.3, -0.25) is 9.78 Å². The van der Waals surface area contributed by atoms with Crippen molar-refractivity contribution < 1.29 is 13.2 Å². The molecule has 1 aromatic rings. The molecule has 0 aliphatic rings. The molecule has 0 spiro atoms. The summed E-state index contributed by atoms with van der Waals surface area (Å²) >= 11 is 0. The van der Waals surface area contributed by atoms with E-state index in [0.717, 1.165) is 11.8 Å². The number of amides is 1. The molecule has 112 valence electrons. The van der Waals surface area contributed by atoms with Crippen molar-refractivity contribution in [3.05, 3.63) is 30.1 Å². The van der Waals surface area contributed by atoms with Crippen LogP contribution in [0.5, 0.6) is 0 Å². The third-order valence-corrected chi connectivity index (χ3v) is 3.96. The highest BCUT2D eigenvalue weighted by molar-refractivity contribution is 7.90. The molecule has 0 bridgehead atoms. The van der Waals surface area contributed by atoms with E-state index in [9.17, 15) is 13.2 Å². The number of carbonyl (C=O) groups excluding carboxylic acids is 1. The minimum Gasteiger partial charge on any atom is -0.344 e. The predicted molar refractivity (Wildman–Crippen MR) is 77.9 cm³/mol. The lowest BCUT2D eigenvalue weighted by Gasteiger charge is -2.21. The molecule has 7 heteroatoms. The lowest BCUT2D eigenvalue weighted by Crippen LogP contribution is -2.43. The molecule has 0 saturated carbocycles. The summed E-state index contributed by atoms with van der Waals surface area (Å²) in [7, 11) is -1.42. The van der Waals surface area contributed by atoms with Gasteiger partial charge in [-0.05, 0) is 30.5 Å². The van der Waals surface area contributed by atoms with Crippen molar-refractivity contribution in [1.82, 2.24) is 9.88 Å². The van der Waals surface area contributed by atoms with Crippen LogP contribution in [-0.2, 0) is 21.1 Å². The summed E-state index contributed by atoms with van der Waals surface area (Å²) in [5, 5.41) is 0.